The zero-order chi connectivity index (χ0) is 9.68. The van der Waals surface area contributed by atoms with Gasteiger partial charge in [0, 0.05) is 5.69 Å². The van der Waals surface area contributed by atoms with E-state index in [2.05, 4.69) is 17.1 Å². The van der Waals surface area contributed by atoms with Gasteiger partial charge in [0.2, 0.25) is 0 Å². The second-order valence-electron chi connectivity index (χ2n) is 2.91. The van der Waals surface area contributed by atoms with Gasteiger partial charge >= 0.3 is 0 Å². The highest BCUT2D eigenvalue weighted by molar-refractivity contribution is 5.36. The van der Waals surface area contributed by atoms with Crippen LogP contribution in [-0.4, -0.2) is 4.98 Å². The maximum Gasteiger partial charge on any atom is 0.0701 e. The molecule has 0 N–H and O–H groups in total. The molecule has 0 aromatic carbocycles. The molecule has 1 heterocycles. The van der Waals surface area contributed by atoms with E-state index in [0.717, 1.165) is 11.0 Å². The van der Waals surface area contributed by atoms with Crippen LogP contribution in [0.25, 0.3) is 12.2 Å². The molecule has 13 heavy (non-hydrogen) atoms. The summed E-state index contributed by atoms with van der Waals surface area (Å²) in [6.07, 6.45) is 8.11. The van der Waals surface area contributed by atoms with Crippen LogP contribution in [0.4, 0.5) is 0 Å². The summed E-state index contributed by atoms with van der Waals surface area (Å²) in [5.74, 6) is 0. The number of aryl methyl sites for hydroxylation is 1. The number of allylic oxidation sites excluding steroid dienone is 2. The fourth-order valence-electron chi connectivity index (χ4n) is 1.15. The molecule has 1 aromatic rings. The first kappa shape index (κ1) is 9.72. The third-order valence-corrected chi connectivity index (χ3v) is 1.85. The van der Waals surface area contributed by atoms with Crippen LogP contribution in [0.15, 0.2) is 24.3 Å². The largest absolute Gasteiger partial charge is 0.253 e. The van der Waals surface area contributed by atoms with Crippen molar-refractivity contribution in [2.75, 3.05) is 0 Å². The normalized spacial score (nSPS) is 14.4. The first-order valence-corrected chi connectivity index (χ1v) is 4.51. The van der Waals surface area contributed by atoms with E-state index in [-0.39, 0.29) is 0 Å². The fourth-order valence-corrected chi connectivity index (χ4v) is 1.15. The van der Waals surface area contributed by atoms with Crippen LogP contribution in [0.1, 0.15) is 19.5 Å². The molecule has 0 amide bonds. The summed E-state index contributed by atoms with van der Waals surface area (Å²) in [7, 11) is 0. The Hall–Kier alpha value is -1.37. The van der Waals surface area contributed by atoms with Gasteiger partial charge in [-0.05, 0) is 38.1 Å². The first-order valence-electron chi connectivity index (χ1n) is 4.51. The van der Waals surface area contributed by atoms with Gasteiger partial charge in [-0.3, -0.25) is 4.98 Å². The van der Waals surface area contributed by atoms with Gasteiger partial charge in [0.1, 0.15) is 0 Å². The molecular formula is C12H15N. The number of aromatic nitrogens is 1. The summed E-state index contributed by atoms with van der Waals surface area (Å²) in [5, 5.41) is 2.23. The highest BCUT2D eigenvalue weighted by Gasteiger charge is 1.86. The van der Waals surface area contributed by atoms with Crippen LogP contribution in [0, 0.1) is 6.92 Å². The maximum absolute atomic E-state index is 4.44. The Balaban J connectivity index is 3.41. The van der Waals surface area contributed by atoms with E-state index >= 15 is 0 Å². The fraction of sp³-hybridized carbons (Fsp3) is 0.250. The van der Waals surface area contributed by atoms with Crippen molar-refractivity contribution in [1.82, 2.24) is 4.98 Å². The van der Waals surface area contributed by atoms with Gasteiger partial charge in [-0.25, -0.2) is 0 Å². The van der Waals surface area contributed by atoms with E-state index in [1.54, 1.807) is 0 Å². The van der Waals surface area contributed by atoms with Crippen molar-refractivity contribution in [2.24, 2.45) is 0 Å². The lowest BCUT2D eigenvalue weighted by molar-refractivity contribution is 1.13. The van der Waals surface area contributed by atoms with Crippen molar-refractivity contribution in [3.63, 3.8) is 0 Å². The minimum Gasteiger partial charge on any atom is -0.253 e. The van der Waals surface area contributed by atoms with Crippen LogP contribution in [-0.2, 0) is 0 Å². The molecule has 0 aliphatic rings. The van der Waals surface area contributed by atoms with Crippen molar-refractivity contribution in [3.05, 3.63) is 40.5 Å². The second kappa shape index (κ2) is 4.61. The standard InChI is InChI=1S/C12H15N/c1-4-6-7-12-11(5-2)9-8-10(3)13-12/h4-9H,1-3H3/b6-4-,11-5-,12-7+. The van der Waals surface area contributed by atoms with E-state index in [0.29, 0.717) is 0 Å². The van der Waals surface area contributed by atoms with Crippen molar-refractivity contribution in [1.29, 1.82) is 0 Å². The molecule has 1 nitrogen and oxygen atoms in total. The van der Waals surface area contributed by atoms with E-state index in [1.165, 1.54) is 5.22 Å². The lowest BCUT2D eigenvalue weighted by atomic mass is 10.3. The van der Waals surface area contributed by atoms with Crippen molar-refractivity contribution < 1.29 is 0 Å². The Bertz CT molecular complexity index is 413. The molecule has 1 heteroatoms. The summed E-state index contributed by atoms with van der Waals surface area (Å²) < 4.78 is 0. The van der Waals surface area contributed by atoms with Crippen LogP contribution < -0.4 is 10.6 Å². The lowest BCUT2D eigenvalue weighted by Crippen LogP contribution is -2.27. The minimum atomic E-state index is 1.04. The van der Waals surface area contributed by atoms with Crippen molar-refractivity contribution in [3.8, 4) is 0 Å². The van der Waals surface area contributed by atoms with E-state index in [9.17, 15) is 0 Å². The van der Waals surface area contributed by atoms with Gasteiger partial charge in [-0.15, -0.1) is 0 Å². The number of rotatable bonds is 1. The molecule has 1 rings (SSSR count). The highest BCUT2D eigenvalue weighted by atomic mass is 14.7. The molecule has 0 saturated heterocycles. The van der Waals surface area contributed by atoms with Crippen LogP contribution in [0.5, 0.6) is 0 Å². The maximum atomic E-state index is 4.44. The van der Waals surface area contributed by atoms with Crippen molar-refractivity contribution in [2.45, 2.75) is 20.8 Å². The van der Waals surface area contributed by atoms with Crippen LogP contribution in [0.2, 0.25) is 0 Å². The monoisotopic (exact) mass is 173 g/mol. The molecular weight excluding hydrogens is 158 g/mol. The summed E-state index contributed by atoms with van der Waals surface area (Å²) in [6, 6.07) is 4.12. The molecule has 0 aliphatic carbocycles. The Kier molecular flexibility index (Phi) is 3.44. The average Bonchev–Trinajstić information content (AvgIpc) is 2.15. The Morgan fingerprint density at radius 1 is 1.23 bits per heavy atom. The predicted octanol–water partition coefficient (Wildman–Crippen LogP) is 1.55. The molecule has 0 bridgehead atoms. The molecule has 0 saturated carbocycles. The smallest absolute Gasteiger partial charge is 0.0701 e. The second-order valence-corrected chi connectivity index (χ2v) is 2.91. The highest BCUT2D eigenvalue weighted by Crippen LogP contribution is 1.81. The summed E-state index contributed by atoms with van der Waals surface area (Å²) in [5.41, 5.74) is 1.06. The topological polar surface area (TPSA) is 12.9 Å². The summed E-state index contributed by atoms with van der Waals surface area (Å²) in [6.45, 7) is 6.04. The number of hydrogen-bond acceptors (Lipinski definition) is 1. The number of hydrogen-bond donors (Lipinski definition) is 0. The van der Waals surface area contributed by atoms with Gasteiger partial charge in [0.25, 0.3) is 0 Å². The zero-order valence-electron chi connectivity index (χ0n) is 8.41. The average molecular weight is 173 g/mol. The van der Waals surface area contributed by atoms with E-state index in [1.807, 2.05) is 45.1 Å². The summed E-state index contributed by atoms with van der Waals surface area (Å²) >= 11 is 0. The van der Waals surface area contributed by atoms with E-state index < -0.39 is 0 Å². The van der Waals surface area contributed by atoms with Gasteiger partial charge in [-0.2, -0.15) is 0 Å². The quantitative estimate of drug-likeness (QED) is 0.628. The predicted molar refractivity (Wildman–Crippen MR) is 57.6 cm³/mol. The zero-order valence-corrected chi connectivity index (χ0v) is 8.41. The first-order chi connectivity index (χ1) is 6.27. The van der Waals surface area contributed by atoms with Gasteiger partial charge in [0.05, 0.1) is 5.35 Å². The summed E-state index contributed by atoms with van der Waals surface area (Å²) in [4.78, 5) is 4.44. The minimum absolute atomic E-state index is 1.04. The van der Waals surface area contributed by atoms with Crippen LogP contribution in [0.3, 0.4) is 0 Å². The Morgan fingerprint density at radius 3 is 2.62 bits per heavy atom. The molecule has 0 aliphatic heterocycles. The Morgan fingerprint density at radius 2 is 2.00 bits per heavy atom. The third kappa shape index (κ3) is 2.55. The SMILES string of the molecule is C\C=C/C=c1/nc(C)cc/c1=C/C. The molecule has 0 spiro atoms. The number of pyridine rings is 1. The molecule has 68 valence electrons. The molecule has 0 unspecified atom stereocenters. The molecule has 0 fully saturated rings. The molecule has 0 atom stereocenters. The number of nitrogens with zero attached hydrogens (tertiary/aromatic N) is 1. The van der Waals surface area contributed by atoms with Gasteiger partial charge < -0.3 is 0 Å². The van der Waals surface area contributed by atoms with Gasteiger partial charge in [-0.1, -0.05) is 24.3 Å². The molecule has 0 radical (unpaired) electrons. The lowest BCUT2D eigenvalue weighted by Gasteiger charge is -1.91. The van der Waals surface area contributed by atoms with Crippen molar-refractivity contribution >= 4 is 12.2 Å². The third-order valence-electron chi connectivity index (χ3n) is 1.85. The van der Waals surface area contributed by atoms with Crippen LogP contribution >= 0.6 is 0 Å². The molecule has 1 aromatic heterocycles. The van der Waals surface area contributed by atoms with Gasteiger partial charge in [0.15, 0.2) is 0 Å². The van der Waals surface area contributed by atoms with E-state index in [4.69, 9.17) is 0 Å². The Labute approximate surface area is 79.1 Å².